The molecule has 0 saturated carbocycles. The Bertz CT molecular complexity index is 3490. The SMILES string of the molecule is c1ccc(-c2nc(-c3cc4ccccc4c4c3oc3cc(-c5ccc6c(c5)c5ccccc5n6-c5ccccc5)ccc34)nc3c2sc2ccccc23)cc1. The zero-order valence-corrected chi connectivity index (χ0v) is 30.2. The highest BCUT2D eigenvalue weighted by molar-refractivity contribution is 7.26. The first-order valence-corrected chi connectivity index (χ1v) is 19.3. The predicted molar refractivity (Wildman–Crippen MR) is 230 cm³/mol. The number of hydrogen-bond acceptors (Lipinski definition) is 4. The number of fused-ring (bicyclic) bond motifs is 11. The largest absolute Gasteiger partial charge is 0.455 e. The van der Waals surface area contributed by atoms with Crippen molar-refractivity contribution in [1.82, 2.24) is 14.5 Å². The maximum Gasteiger partial charge on any atom is 0.164 e. The molecule has 0 aliphatic carbocycles. The third-order valence-electron chi connectivity index (χ3n) is 11.0. The summed E-state index contributed by atoms with van der Waals surface area (Å²) in [6.45, 7) is 0. The molecule has 0 amide bonds. The molecule has 5 heteroatoms. The Morgan fingerprint density at radius 3 is 2.05 bits per heavy atom. The summed E-state index contributed by atoms with van der Waals surface area (Å²) in [6, 6.07) is 62.4. The van der Waals surface area contributed by atoms with E-state index >= 15 is 0 Å². The van der Waals surface area contributed by atoms with E-state index in [0.717, 1.165) is 81.9 Å². The first kappa shape index (κ1) is 30.4. The van der Waals surface area contributed by atoms with Gasteiger partial charge in [-0.25, -0.2) is 9.97 Å². The Labute approximate surface area is 319 Å². The van der Waals surface area contributed by atoms with Crippen molar-refractivity contribution in [3.63, 3.8) is 0 Å². The van der Waals surface area contributed by atoms with Gasteiger partial charge in [0, 0.05) is 42.9 Å². The highest BCUT2D eigenvalue weighted by Gasteiger charge is 2.22. The van der Waals surface area contributed by atoms with Gasteiger partial charge in [-0.3, -0.25) is 0 Å². The lowest BCUT2D eigenvalue weighted by molar-refractivity contribution is 0.670. The van der Waals surface area contributed by atoms with E-state index in [2.05, 4.69) is 174 Å². The number of nitrogens with zero attached hydrogens (tertiary/aromatic N) is 3. The molecule has 0 radical (unpaired) electrons. The van der Waals surface area contributed by atoms with Crippen molar-refractivity contribution in [2.75, 3.05) is 0 Å². The molecule has 55 heavy (non-hydrogen) atoms. The minimum absolute atomic E-state index is 0.658. The number of aromatic nitrogens is 3. The maximum atomic E-state index is 6.97. The fraction of sp³-hybridized carbons (Fsp3) is 0. The Morgan fingerprint density at radius 2 is 1.18 bits per heavy atom. The van der Waals surface area contributed by atoms with Crippen molar-refractivity contribution >= 4 is 86.2 Å². The normalized spacial score (nSPS) is 12.0. The molecule has 0 spiro atoms. The fourth-order valence-corrected chi connectivity index (χ4v) is 9.64. The molecule has 0 N–H and O–H groups in total. The zero-order valence-electron chi connectivity index (χ0n) is 29.4. The topological polar surface area (TPSA) is 43.9 Å². The van der Waals surface area contributed by atoms with Crippen LogP contribution in [-0.2, 0) is 0 Å². The lowest BCUT2D eigenvalue weighted by Crippen LogP contribution is -1.94. The van der Waals surface area contributed by atoms with E-state index in [4.69, 9.17) is 14.4 Å². The molecule has 4 aromatic heterocycles. The van der Waals surface area contributed by atoms with Crippen LogP contribution < -0.4 is 0 Å². The van der Waals surface area contributed by atoms with Crippen LogP contribution in [0.5, 0.6) is 0 Å². The predicted octanol–water partition coefficient (Wildman–Crippen LogP) is 14.0. The second kappa shape index (κ2) is 11.7. The summed E-state index contributed by atoms with van der Waals surface area (Å²) in [5.74, 6) is 0.658. The number of rotatable bonds is 4. The Morgan fingerprint density at radius 1 is 0.491 bits per heavy atom. The van der Waals surface area contributed by atoms with E-state index < -0.39 is 0 Å². The summed E-state index contributed by atoms with van der Waals surface area (Å²) in [5.41, 5.74) is 11.3. The van der Waals surface area contributed by atoms with E-state index in [0.29, 0.717) is 5.82 Å². The Hall–Kier alpha value is -7.08. The van der Waals surface area contributed by atoms with Crippen LogP contribution in [0.2, 0.25) is 0 Å². The van der Waals surface area contributed by atoms with Crippen LogP contribution in [0.3, 0.4) is 0 Å². The number of para-hydroxylation sites is 2. The summed E-state index contributed by atoms with van der Waals surface area (Å²) >= 11 is 1.75. The average molecular weight is 720 g/mol. The smallest absolute Gasteiger partial charge is 0.164 e. The van der Waals surface area contributed by atoms with Gasteiger partial charge in [-0.1, -0.05) is 121 Å². The van der Waals surface area contributed by atoms with Gasteiger partial charge < -0.3 is 8.98 Å². The molecule has 8 aromatic carbocycles. The van der Waals surface area contributed by atoms with E-state index in [1.54, 1.807) is 11.3 Å². The van der Waals surface area contributed by atoms with Gasteiger partial charge in [0.1, 0.15) is 11.2 Å². The van der Waals surface area contributed by atoms with Crippen LogP contribution in [0.4, 0.5) is 0 Å². The third kappa shape index (κ3) is 4.57. The van der Waals surface area contributed by atoms with Crippen molar-refractivity contribution in [1.29, 1.82) is 0 Å². The number of hydrogen-bond donors (Lipinski definition) is 0. The molecule has 12 aromatic rings. The summed E-state index contributed by atoms with van der Waals surface area (Å²) < 4.78 is 11.6. The van der Waals surface area contributed by atoms with Gasteiger partial charge in [-0.15, -0.1) is 11.3 Å². The second-order valence-electron chi connectivity index (χ2n) is 14.1. The van der Waals surface area contributed by atoms with Crippen LogP contribution in [0.15, 0.2) is 180 Å². The van der Waals surface area contributed by atoms with Gasteiger partial charge >= 0.3 is 0 Å². The third-order valence-corrected chi connectivity index (χ3v) is 12.2. The first-order valence-electron chi connectivity index (χ1n) is 18.5. The molecule has 4 heterocycles. The van der Waals surface area contributed by atoms with Crippen LogP contribution in [0, 0.1) is 0 Å². The quantitative estimate of drug-likeness (QED) is 0.182. The Kier molecular flexibility index (Phi) is 6.47. The molecule has 256 valence electrons. The molecule has 0 aliphatic rings. The van der Waals surface area contributed by atoms with Gasteiger partial charge in [0.05, 0.1) is 32.5 Å². The van der Waals surface area contributed by atoms with Gasteiger partial charge in [0.2, 0.25) is 0 Å². The van der Waals surface area contributed by atoms with Crippen molar-refractivity contribution in [3.05, 3.63) is 176 Å². The van der Waals surface area contributed by atoms with E-state index in [-0.39, 0.29) is 0 Å². The van der Waals surface area contributed by atoms with Gasteiger partial charge in [0.25, 0.3) is 0 Å². The van der Waals surface area contributed by atoms with Crippen LogP contribution in [0.1, 0.15) is 0 Å². The highest BCUT2D eigenvalue weighted by Crippen LogP contribution is 2.44. The summed E-state index contributed by atoms with van der Waals surface area (Å²) in [7, 11) is 0. The zero-order chi connectivity index (χ0) is 36.0. The van der Waals surface area contributed by atoms with Crippen LogP contribution in [0.25, 0.3) is 114 Å². The van der Waals surface area contributed by atoms with Gasteiger partial charge in [0.15, 0.2) is 5.82 Å². The Balaban J connectivity index is 1.09. The van der Waals surface area contributed by atoms with Crippen molar-refractivity contribution in [2.45, 2.75) is 0 Å². The second-order valence-corrected chi connectivity index (χ2v) is 15.2. The van der Waals surface area contributed by atoms with Gasteiger partial charge in [-0.2, -0.15) is 0 Å². The molecule has 0 bridgehead atoms. The number of furan rings is 1. The molecule has 0 unspecified atom stereocenters. The van der Waals surface area contributed by atoms with E-state index in [1.165, 1.54) is 26.5 Å². The summed E-state index contributed by atoms with van der Waals surface area (Å²) in [4.78, 5) is 10.7. The molecule has 4 nitrogen and oxygen atoms in total. The van der Waals surface area contributed by atoms with E-state index in [9.17, 15) is 0 Å². The molecular formula is C50H29N3OS. The van der Waals surface area contributed by atoms with E-state index in [1.807, 2.05) is 6.07 Å². The number of benzene rings is 8. The maximum absolute atomic E-state index is 6.97. The highest BCUT2D eigenvalue weighted by atomic mass is 32.1. The first-order chi connectivity index (χ1) is 27.3. The monoisotopic (exact) mass is 719 g/mol. The van der Waals surface area contributed by atoms with Crippen LogP contribution >= 0.6 is 11.3 Å². The molecule has 0 atom stereocenters. The fourth-order valence-electron chi connectivity index (χ4n) is 8.48. The lowest BCUT2D eigenvalue weighted by atomic mass is 9.98. The van der Waals surface area contributed by atoms with Crippen molar-refractivity contribution in [2.24, 2.45) is 0 Å². The average Bonchev–Trinajstić information content (AvgIpc) is 3.93. The molecule has 0 aliphatic heterocycles. The molecule has 0 saturated heterocycles. The van der Waals surface area contributed by atoms with Crippen molar-refractivity contribution < 1.29 is 4.42 Å². The lowest BCUT2D eigenvalue weighted by Gasteiger charge is -2.09. The number of thiophene rings is 1. The van der Waals surface area contributed by atoms with Crippen LogP contribution in [-0.4, -0.2) is 14.5 Å². The molecule has 0 fully saturated rings. The molecular weight excluding hydrogens is 691 g/mol. The minimum Gasteiger partial charge on any atom is -0.455 e. The standard InChI is InChI=1S/C50H29N3OS/c1-3-13-30(14-4-1)46-49-47(38-20-10-12-22-44(38)55-49)52-50(51-46)40-28-33-15-7-8-18-35(33)45-37-25-23-32(29-43(37)54-48(40)45)31-24-26-42-39(27-31)36-19-9-11-21-41(36)53(42)34-16-5-2-6-17-34/h1-29H. The van der Waals surface area contributed by atoms with Crippen molar-refractivity contribution in [3.8, 4) is 39.5 Å². The van der Waals surface area contributed by atoms with Gasteiger partial charge in [-0.05, 0) is 76.5 Å². The minimum atomic E-state index is 0.658. The molecule has 12 rings (SSSR count). The summed E-state index contributed by atoms with van der Waals surface area (Å²) in [6.07, 6.45) is 0. The summed E-state index contributed by atoms with van der Waals surface area (Å²) in [5, 5.41) is 8.01.